The van der Waals surface area contributed by atoms with Crippen molar-refractivity contribution in [2.24, 2.45) is 17.8 Å². The number of pyridine rings is 2. The summed E-state index contributed by atoms with van der Waals surface area (Å²) in [6.45, 7) is 4.02. The Bertz CT molecular complexity index is 1100. The Hall–Kier alpha value is -3.01. The highest BCUT2D eigenvalue weighted by Crippen LogP contribution is 2.45. The second kappa shape index (κ2) is 6.55. The van der Waals surface area contributed by atoms with E-state index in [1.165, 1.54) is 0 Å². The second-order valence-electron chi connectivity index (χ2n) is 8.01. The van der Waals surface area contributed by atoms with Gasteiger partial charge in [0.1, 0.15) is 11.6 Å². The summed E-state index contributed by atoms with van der Waals surface area (Å²) in [5.41, 5.74) is 2.90. The smallest absolute Gasteiger partial charge is 0.237 e. The summed E-state index contributed by atoms with van der Waals surface area (Å²) in [4.78, 5) is 25.0. The molecule has 0 saturated heterocycles. The molecule has 1 fully saturated rings. The van der Waals surface area contributed by atoms with Crippen LogP contribution in [0.15, 0.2) is 60.7 Å². The fraction of sp³-hybridized carbons (Fsp3) is 0.292. The number of hydrogen-bond donors (Lipinski definition) is 0. The van der Waals surface area contributed by atoms with Gasteiger partial charge in [-0.15, -0.1) is 0 Å². The molecule has 0 spiro atoms. The van der Waals surface area contributed by atoms with Gasteiger partial charge in [-0.3, -0.25) is 4.79 Å². The molecule has 4 heteroatoms. The lowest BCUT2D eigenvalue weighted by molar-refractivity contribution is -0.122. The zero-order chi connectivity index (χ0) is 19.3. The topological polar surface area (TPSA) is 46.1 Å². The average molecular weight is 369 g/mol. The first-order chi connectivity index (χ1) is 13.6. The SMILES string of the molecule is Cc1cccc(N(C(=O)[C@H]2C[C@H]3C=C[C@@H]2C3)c2cc(C)c3ccccc3n2)n1. The third-order valence-corrected chi connectivity index (χ3v) is 6.06. The molecule has 2 bridgehead atoms. The van der Waals surface area contributed by atoms with Crippen molar-refractivity contribution in [3.05, 3.63) is 71.9 Å². The number of para-hydroxylation sites is 1. The van der Waals surface area contributed by atoms with E-state index < -0.39 is 0 Å². The predicted octanol–water partition coefficient (Wildman–Crippen LogP) is 5.12. The van der Waals surface area contributed by atoms with Gasteiger partial charge < -0.3 is 0 Å². The van der Waals surface area contributed by atoms with Gasteiger partial charge in [-0.2, -0.15) is 0 Å². The number of benzene rings is 1. The highest BCUT2D eigenvalue weighted by atomic mass is 16.2. The van der Waals surface area contributed by atoms with Crippen LogP contribution in [0.1, 0.15) is 24.1 Å². The lowest BCUT2D eigenvalue weighted by Gasteiger charge is -2.27. The number of carbonyl (C=O) groups is 1. The molecule has 4 nitrogen and oxygen atoms in total. The van der Waals surface area contributed by atoms with Gasteiger partial charge in [0.25, 0.3) is 0 Å². The van der Waals surface area contributed by atoms with Gasteiger partial charge in [-0.1, -0.05) is 36.4 Å². The van der Waals surface area contributed by atoms with Gasteiger partial charge in [0.05, 0.1) is 5.52 Å². The maximum absolute atomic E-state index is 13.7. The maximum Gasteiger partial charge on any atom is 0.237 e. The van der Waals surface area contributed by atoms with Crippen LogP contribution in [0.25, 0.3) is 10.9 Å². The van der Waals surface area contributed by atoms with Gasteiger partial charge >= 0.3 is 0 Å². The van der Waals surface area contributed by atoms with Crippen LogP contribution in [0, 0.1) is 31.6 Å². The Morgan fingerprint density at radius 3 is 2.57 bits per heavy atom. The zero-order valence-electron chi connectivity index (χ0n) is 16.2. The Morgan fingerprint density at radius 2 is 1.82 bits per heavy atom. The molecule has 3 aromatic rings. The first-order valence-corrected chi connectivity index (χ1v) is 9.92. The minimum atomic E-state index is 0.00545. The number of nitrogens with zero attached hydrogens (tertiary/aromatic N) is 3. The molecule has 0 N–H and O–H groups in total. The number of carbonyl (C=O) groups excluding carboxylic acids is 1. The van der Waals surface area contributed by atoms with E-state index in [0.717, 1.165) is 35.0 Å². The van der Waals surface area contributed by atoms with Crippen LogP contribution >= 0.6 is 0 Å². The fourth-order valence-electron chi connectivity index (χ4n) is 4.67. The summed E-state index contributed by atoms with van der Waals surface area (Å²) in [6, 6.07) is 15.9. The van der Waals surface area contributed by atoms with Gasteiger partial charge in [-0.05, 0) is 68.4 Å². The Balaban J connectivity index is 1.64. The minimum absolute atomic E-state index is 0.00545. The predicted molar refractivity (Wildman–Crippen MR) is 111 cm³/mol. The number of aryl methyl sites for hydroxylation is 2. The van der Waals surface area contributed by atoms with Crippen molar-refractivity contribution in [2.75, 3.05) is 4.90 Å². The highest BCUT2D eigenvalue weighted by Gasteiger charge is 2.42. The Kier molecular flexibility index (Phi) is 4.00. The van der Waals surface area contributed by atoms with Crippen molar-refractivity contribution in [3.63, 3.8) is 0 Å². The van der Waals surface area contributed by atoms with Crippen LogP contribution in [-0.2, 0) is 4.79 Å². The van der Waals surface area contributed by atoms with Gasteiger partial charge in [0, 0.05) is 17.0 Å². The lowest BCUT2D eigenvalue weighted by atomic mass is 9.92. The number of anilines is 2. The Labute approximate surface area is 164 Å². The number of allylic oxidation sites excluding steroid dienone is 2. The molecular weight excluding hydrogens is 346 g/mol. The third-order valence-electron chi connectivity index (χ3n) is 6.06. The summed E-state index contributed by atoms with van der Waals surface area (Å²) in [7, 11) is 0. The summed E-state index contributed by atoms with van der Waals surface area (Å²) in [6.07, 6.45) is 6.50. The van der Waals surface area contributed by atoms with Crippen LogP contribution in [0.2, 0.25) is 0 Å². The van der Waals surface area contributed by atoms with Crippen molar-refractivity contribution >= 4 is 28.4 Å². The van der Waals surface area contributed by atoms with E-state index in [4.69, 9.17) is 4.98 Å². The minimum Gasteiger partial charge on any atom is -0.274 e. The van der Waals surface area contributed by atoms with Crippen LogP contribution in [-0.4, -0.2) is 15.9 Å². The van der Waals surface area contributed by atoms with E-state index in [9.17, 15) is 4.79 Å². The standard InChI is InChI=1S/C24H23N3O/c1-15-12-23(26-21-8-4-3-7-19(15)21)27(22-9-5-6-16(2)25-22)24(28)20-14-17-10-11-18(20)13-17/h3-12,17-18,20H,13-14H2,1-2H3/t17-,18+,20-/m0/s1. The first-order valence-electron chi connectivity index (χ1n) is 9.92. The second-order valence-corrected chi connectivity index (χ2v) is 8.01. The van der Waals surface area contributed by atoms with Crippen molar-refractivity contribution < 1.29 is 4.79 Å². The largest absolute Gasteiger partial charge is 0.274 e. The molecule has 2 heterocycles. The molecule has 2 aromatic heterocycles. The van der Waals surface area contributed by atoms with E-state index in [2.05, 4.69) is 30.1 Å². The first kappa shape index (κ1) is 17.1. The zero-order valence-corrected chi connectivity index (χ0v) is 16.2. The van der Waals surface area contributed by atoms with Gasteiger partial charge in [0.15, 0.2) is 0 Å². The molecule has 0 aliphatic heterocycles. The third kappa shape index (κ3) is 2.80. The van der Waals surface area contributed by atoms with Crippen molar-refractivity contribution in [3.8, 4) is 0 Å². The Morgan fingerprint density at radius 1 is 0.964 bits per heavy atom. The van der Waals surface area contributed by atoms with E-state index in [-0.39, 0.29) is 11.8 Å². The summed E-state index contributed by atoms with van der Waals surface area (Å²) < 4.78 is 0. The molecule has 28 heavy (non-hydrogen) atoms. The molecule has 1 amide bonds. The van der Waals surface area contributed by atoms with Crippen LogP contribution in [0.5, 0.6) is 0 Å². The monoisotopic (exact) mass is 369 g/mol. The van der Waals surface area contributed by atoms with Crippen LogP contribution < -0.4 is 4.90 Å². The van der Waals surface area contributed by atoms with E-state index >= 15 is 0 Å². The fourth-order valence-corrected chi connectivity index (χ4v) is 4.67. The summed E-state index contributed by atoms with van der Waals surface area (Å²) >= 11 is 0. The number of rotatable bonds is 3. The molecule has 1 aromatic carbocycles. The summed E-state index contributed by atoms with van der Waals surface area (Å²) in [5, 5.41) is 1.11. The van der Waals surface area contributed by atoms with Crippen molar-refractivity contribution in [2.45, 2.75) is 26.7 Å². The average Bonchev–Trinajstić information content (AvgIpc) is 3.32. The quantitative estimate of drug-likeness (QED) is 0.602. The molecule has 2 aliphatic rings. The molecule has 1 saturated carbocycles. The van der Waals surface area contributed by atoms with E-state index in [1.54, 1.807) is 4.90 Å². The van der Waals surface area contributed by atoms with Crippen molar-refractivity contribution in [1.82, 2.24) is 9.97 Å². The molecular formula is C24H23N3O. The number of fused-ring (bicyclic) bond motifs is 3. The van der Waals surface area contributed by atoms with E-state index in [0.29, 0.717) is 23.5 Å². The van der Waals surface area contributed by atoms with Crippen molar-refractivity contribution in [1.29, 1.82) is 0 Å². The normalized spacial score (nSPS) is 22.7. The molecule has 3 atom stereocenters. The molecule has 5 rings (SSSR count). The molecule has 0 unspecified atom stereocenters. The van der Waals surface area contributed by atoms with Gasteiger partial charge in [-0.25, -0.2) is 14.9 Å². The maximum atomic E-state index is 13.7. The highest BCUT2D eigenvalue weighted by molar-refractivity contribution is 6.02. The summed E-state index contributed by atoms with van der Waals surface area (Å²) in [5.74, 6) is 2.30. The van der Waals surface area contributed by atoms with Crippen LogP contribution in [0.4, 0.5) is 11.6 Å². The van der Waals surface area contributed by atoms with Crippen LogP contribution in [0.3, 0.4) is 0 Å². The molecule has 0 radical (unpaired) electrons. The molecule has 140 valence electrons. The number of hydrogen-bond acceptors (Lipinski definition) is 3. The lowest BCUT2D eigenvalue weighted by Crippen LogP contribution is -2.35. The molecule has 2 aliphatic carbocycles. The van der Waals surface area contributed by atoms with Gasteiger partial charge in [0.2, 0.25) is 5.91 Å². The number of amides is 1. The number of aromatic nitrogens is 2. The van der Waals surface area contributed by atoms with E-state index in [1.807, 2.05) is 49.4 Å².